The second kappa shape index (κ2) is 11.2. The smallest absolute Gasteiger partial charge is 0.256 e. The van der Waals surface area contributed by atoms with E-state index in [0.717, 1.165) is 17.1 Å². The van der Waals surface area contributed by atoms with Gasteiger partial charge in [-0.05, 0) is 87.0 Å². The normalized spacial score (nSPS) is 11.2. The van der Waals surface area contributed by atoms with E-state index in [9.17, 15) is 9.59 Å². The molecule has 45 heavy (non-hydrogen) atoms. The lowest BCUT2D eigenvalue weighted by atomic mass is 10.0. The molecule has 2 N–H and O–H groups in total. The van der Waals surface area contributed by atoms with Gasteiger partial charge in [-0.3, -0.25) is 9.59 Å². The Morgan fingerprint density at radius 3 is 1.53 bits per heavy atom. The second-order valence-corrected chi connectivity index (χ2v) is 10.9. The van der Waals surface area contributed by atoms with Gasteiger partial charge in [0.05, 0.1) is 33.5 Å². The van der Waals surface area contributed by atoms with Crippen LogP contribution in [-0.2, 0) is 0 Å². The van der Waals surface area contributed by atoms with E-state index in [1.54, 1.807) is 18.2 Å². The monoisotopic (exact) mass is 592 g/mol. The van der Waals surface area contributed by atoms with Crippen LogP contribution in [0.3, 0.4) is 0 Å². The SMILES string of the molecule is Cc1ccc(NC(=O)c2cc(-c3ccc(C)o3)nc3ccccc23)c(NC(=O)c2cc(-c3ccc(C)o3)nc3ccccc23)c1. The molecule has 0 radical (unpaired) electrons. The molecule has 4 heterocycles. The first-order valence-electron chi connectivity index (χ1n) is 14.5. The number of hydrogen-bond acceptors (Lipinski definition) is 6. The molecular weight excluding hydrogens is 564 g/mol. The Hall–Kier alpha value is -6.02. The fourth-order valence-electron chi connectivity index (χ4n) is 5.37. The quantitative estimate of drug-likeness (QED) is 0.200. The lowest BCUT2D eigenvalue weighted by molar-refractivity contribution is 0.101. The van der Waals surface area contributed by atoms with Crippen molar-refractivity contribution >= 4 is 45.0 Å². The fraction of sp³-hybridized carbons (Fsp3) is 0.0811. The Labute approximate surface area is 258 Å². The number of fused-ring (bicyclic) bond motifs is 2. The van der Waals surface area contributed by atoms with Gasteiger partial charge in [-0.2, -0.15) is 0 Å². The molecule has 8 heteroatoms. The number of rotatable bonds is 6. The maximum Gasteiger partial charge on any atom is 0.256 e. The highest BCUT2D eigenvalue weighted by molar-refractivity contribution is 6.17. The van der Waals surface area contributed by atoms with Crippen LogP contribution in [-0.4, -0.2) is 21.8 Å². The predicted octanol–water partition coefficient (Wildman–Crippen LogP) is 8.73. The Bertz CT molecular complexity index is 2260. The van der Waals surface area contributed by atoms with E-state index in [2.05, 4.69) is 10.6 Å². The van der Waals surface area contributed by atoms with E-state index in [1.807, 2.05) is 106 Å². The molecule has 4 aromatic heterocycles. The molecule has 0 saturated heterocycles. The van der Waals surface area contributed by atoms with Gasteiger partial charge in [-0.25, -0.2) is 9.97 Å². The van der Waals surface area contributed by atoms with Crippen molar-refractivity contribution in [3.8, 4) is 22.9 Å². The number of para-hydroxylation sites is 2. The molecular formula is C37H28N4O4. The van der Waals surface area contributed by atoms with Crippen LogP contribution < -0.4 is 10.6 Å². The number of nitrogens with zero attached hydrogens (tertiary/aromatic N) is 2. The summed E-state index contributed by atoms with van der Waals surface area (Å²) in [4.78, 5) is 37.3. The van der Waals surface area contributed by atoms with Crippen LogP contribution in [0.5, 0.6) is 0 Å². The highest BCUT2D eigenvalue weighted by Gasteiger charge is 2.20. The number of pyridine rings is 2. The van der Waals surface area contributed by atoms with Crippen molar-refractivity contribution in [1.29, 1.82) is 0 Å². The van der Waals surface area contributed by atoms with Gasteiger partial charge < -0.3 is 19.5 Å². The van der Waals surface area contributed by atoms with E-state index in [4.69, 9.17) is 18.8 Å². The van der Waals surface area contributed by atoms with E-state index < -0.39 is 0 Å². The molecule has 0 aliphatic heterocycles. The van der Waals surface area contributed by atoms with Crippen molar-refractivity contribution < 1.29 is 18.4 Å². The first-order valence-corrected chi connectivity index (χ1v) is 14.5. The summed E-state index contributed by atoms with van der Waals surface area (Å²) in [5.74, 6) is 1.96. The largest absolute Gasteiger partial charge is 0.460 e. The summed E-state index contributed by atoms with van der Waals surface area (Å²) in [5, 5.41) is 7.46. The third-order valence-electron chi connectivity index (χ3n) is 7.58. The van der Waals surface area contributed by atoms with Crippen LogP contribution >= 0.6 is 0 Å². The fourth-order valence-corrected chi connectivity index (χ4v) is 5.37. The van der Waals surface area contributed by atoms with Gasteiger partial charge >= 0.3 is 0 Å². The molecule has 0 fully saturated rings. The molecule has 8 nitrogen and oxygen atoms in total. The Kier molecular flexibility index (Phi) is 6.94. The number of carbonyl (C=O) groups is 2. The van der Waals surface area contributed by atoms with E-state index in [0.29, 0.717) is 67.2 Å². The zero-order valence-electron chi connectivity index (χ0n) is 24.8. The van der Waals surface area contributed by atoms with Crippen LogP contribution in [0.1, 0.15) is 37.8 Å². The molecule has 220 valence electrons. The predicted molar refractivity (Wildman–Crippen MR) is 175 cm³/mol. The van der Waals surface area contributed by atoms with Gasteiger partial charge in [0, 0.05) is 10.8 Å². The zero-order chi connectivity index (χ0) is 31.1. The number of benzene rings is 3. The number of amides is 2. The average molecular weight is 593 g/mol. The van der Waals surface area contributed by atoms with Crippen molar-refractivity contribution in [1.82, 2.24) is 9.97 Å². The third kappa shape index (κ3) is 5.45. The summed E-state index contributed by atoms with van der Waals surface area (Å²) in [7, 11) is 0. The van der Waals surface area contributed by atoms with E-state index >= 15 is 0 Å². The van der Waals surface area contributed by atoms with Crippen LogP contribution in [0.15, 0.2) is 112 Å². The van der Waals surface area contributed by atoms with Crippen LogP contribution in [0.2, 0.25) is 0 Å². The molecule has 2 amide bonds. The zero-order valence-corrected chi connectivity index (χ0v) is 24.8. The van der Waals surface area contributed by atoms with Gasteiger partial charge in [0.2, 0.25) is 0 Å². The second-order valence-electron chi connectivity index (χ2n) is 10.9. The number of hydrogen-bond donors (Lipinski definition) is 2. The topological polar surface area (TPSA) is 110 Å². The highest BCUT2D eigenvalue weighted by Crippen LogP contribution is 2.31. The van der Waals surface area contributed by atoms with Crippen LogP contribution in [0, 0.1) is 20.8 Å². The van der Waals surface area contributed by atoms with Crippen LogP contribution in [0.25, 0.3) is 44.7 Å². The van der Waals surface area contributed by atoms with E-state index in [1.165, 1.54) is 0 Å². The molecule has 0 aliphatic carbocycles. The Balaban J connectivity index is 1.24. The first kappa shape index (κ1) is 27.8. The number of carbonyl (C=O) groups excluding carboxylic acids is 2. The van der Waals surface area contributed by atoms with Crippen molar-refractivity contribution in [2.24, 2.45) is 0 Å². The van der Waals surface area contributed by atoms with Gasteiger partial charge in [-0.15, -0.1) is 0 Å². The highest BCUT2D eigenvalue weighted by atomic mass is 16.3. The summed E-state index contributed by atoms with van der Waals surface area (Å²) in [6, 6.07) is 31.3. The summed E-state index contributed by atoms with van der Waals surface area (Å²) >= 11 is 0. The molecule has 0 bridgehead atoms. The van der Waals surface area contributed by atoms with Gasteiger partial charge in [0.15, 0.2) is 11.5 Å². The minimum absolute atomic E-state index is 0.343. The molecule has 0 spiro atoms. The third-order valence-corrected chi connectivity index (χ3v) is 7.58. The molecule has 7 aromatic rings. The van der Waals surface area contributed by atoms with Crippen LogP contribution in [0.4, 0.5) is 11.4 Å². The van der Waals surface area contributed by atoms with Crippen molar-refractivity contribution in [3.63, 3.8) is 0 Å². The van der Waals surface area contributed by atoms with E-state index in [-0.39, 0.29) is 11.8 Å². The molecule has 0 unspecified atom stereocenters. The lowest BCUT2D eigenvalue weighted by Gasteiger charge is -2.15. The summed E-state index contributed by atoms with van der Waals surface area (Å²) in [6.45, 7) is 5.65. The molecule has 3 aromatic carbocycles. The molecule has 0 aliphatic rings. The van der Waals surface area contributed by atoms with Gasteiger partial charge in [0.1, 0.15) is 22.9 Å². The average Bonchev–Trinajstić information content (AvgIpc) is 3.69. The number of aryl methyl sites for hydroxylation is 3. The minimum Gasteiger partial charge on any atom is -0.460 e. The molecule has 0 atom stereocenters. The summed E-state index contributed by atoms with van der Waals surface area (Å²) in [6.07, 6.45) is 0. The number of nitrogens with one attached hydrogen (secondary N) is 2. The summed E-state index contributed by atoms with van der Waals surface area (Å²) in [5.41, 5.74) is 5.13. The molecule has 7 rings (SSSR count). The number of aromatic nitrogens is 2. The van der Waals surface area contributed by atoms with Gasteiger partial charge in [0.25, 0.3) is 11.8 Å². The maximum absolute atomic E-state index is 13.9. The first-order chi connectivity index (χ1) is 21.8. The standard InChI is InChI=1S/C37H28N4O4/c1-21-12-15-30(40-36(42)26-19-32(34-16-13-22(2)44-34)38-28-10-6-4-8-24(26)28)31(18-21)41-37(43)27-20-33(35-17-14-23(3)45-35)39-29-11-7-5-9-25(27)29/h4-20H,1-3H3,(H,40,42)(H,41,43). The Morgan fingerprint density at radius 1 is 0.556 bits per heavy atom. The molecule has 0 saturated carbocycles. The Morgan fingerprint density at radius 2 is 1.04 bits per heavy atom. The summed E-state index contributed by atoms with van der Waals surface area (Å²) < 4.78 is 11.6. The van der Waals surface area contributed by atoms with Crippen molar-refractivity contribution in [3.05, 3.63) is 131 Å². The van der Waals surface area contributed by atoms with Crippen molar-refractivity contribution in [2.45, 2.75) is 20.8 Å². The number of furan rings is 2. The van der Waals surface area contributed by atoms with Gasteiger partial charge in [-0.1, -0.05) is 42.5 Å². The maximum atomic E-state index is 13.9. The number of anilines is 2. The lowest BCUT2D eigenvalue weighted by Crippen LogP contribution is -2.18. The van der Waals surface area contributed by atoms with Crippen molar-refractivity contribution in [2.75, 3.05) is 10.6 Å². The minimum atomic E-state index is -0.345.